The van der Waals surface area contributed by atoms with Gasteiger partial charge in [-0.05, 0) is 140 Å². The minimum Gasteiger partial charge on any atom is -0.0616 e. The van der Waals surface area contributed by atoms with Crippen LogP contribution < -0.4 is 0 Å². The van der Waals surface area contributed by atoms with Crippen LogP contribution in [0.25, 0.3) is 110 Å². The van der Waals surface area contributed by atoms with E-state index in [0.717, 1.165) is 0 Å². The Labute approximate surface area is 358 Å². The van der Waals surface area contributed by atoms with Crippen molar-refractivity contribution >= 4 is 43.1 Å². The minimum absolute atomic E-state index is 0.444. The maximum absolute atomic E-state index is 2.47. The van der Waals surface area contributed by atoms with Gasteiger partial charge in [0.2, 0.25) is 0 Å². The molecule has 0 aliphatic heterocycles. The molecule has 0 saturated carbocycles. The van der Waals surface area contributed by atoms with Crippen molar-refractivity contribution in [2.45, 2.75) is 19.8 Å². The number of hydrogen-bond donors (Lipinski definition) is 0. The van der Waals surface area contributed by atoms with Gasteiger partial charge in [0.1, 0.15) is 0 Å². The van der Waals surface area contributed by atoms with E-state index < -0.39 is 0 Å². The van der Waals surface area contributed by atoms with E-state index in [1.807, 2.05) is 0 Å². The summed E-state index contributed by atoms with van der Waals surface area (Å²) in [6.45, 7) is 4.55. The lowest BCUT2D eigenvalue weighted by Gasteiger charge is -2.21. The Bertz CT molecular complexity index is 3390. The summed E-state index contributed by atoms with van der Waals surface area (Å²) in [6.07, 6.45) is 0. The van der Waals surface area contributed by atoms with Crippen LogP contribution in [-0.4, -0.2) is 0 Å². The third kappa shape index (κ3) is 6.49. The first-order chi connectivity index (χ1) is 30.1. The van der Waals surface area contributed by atoms with Crippen LogP contribution in [-0.2, 0) is 0 Å². The largest absolute Gasteiger partial charge is 0.0616 e. The van der Waals surface area contributed by atoms with Gasteiger partial charge in [0.15, 0.2) is 0 Å². The summed E-state index contributed by atoms with van der Waals surface area (Å²) in [4.78, 5) is 0. The molecule has 0 spiro atoms. The van der Waals surface area contributed by atoms with Crippen LogP contribution in [0.3, 0.4) is 0 Å². The van der Waals surface area contributed by atoms with E-state index in [9.17, 15) is 0 Å². The van der Waals surface area contributed by atoms with E-state index in [-0.39, 0.29) is 0 Å². The van der Waals surface area contributed by atoms with Crippen LogP contribution in [0.1, 0.15) is 25.3 Å². The highest BCUT2D eigenvalue weighted by Gasteiger charge is 2.21. The molecule has 0 aliphatic carbocycles. The molecule has 0 nitrogen and oxygen atoms in total. The molecule has 0 amide bonds. The van der Waals surface area contributed by atoms with Crippen molar-refractivity contribution in [3.05, 3.63) is 230 Å². The lowest BCUT2D eigenvalue weighted by atomic mass is 9.82. The maximum Gasteiger partial charge on any atom is -0.00261 e. The molecule has 0 heteroatoms. The standard InChI is InChI=1S/C61H44/c1-40(2)43-20-13-23-48(36-43)60-55-27-9-11-29-57(55)61(58-30-12-10-28-56(58)60)49-34-35-54(52-31-15-19-42-17-5-6-24-50(42)52)59(39-49)53-26-8-7-25-51(53)47-22-14-21-45(38-47)46-33-32-41-16-3-4-18-44(41)37-46/h3-40H,1-2H3. The van der Waals surface area contributed by atoms with Crippen LogP contribution >= 0.6 is 0 Å². The quantitative estimate of drug-likeness (QED) is 0.141. The summed E-state index contributed by atoms with van der Waals surface area (Å²) in [7, 11) is 0. The molecule has 288 valence electrons. The summed E-state index contributed by atoms with van der Waals surface area (Å²) >= 11 is 0. The Morgan fingerprint density at radius 2 is 0.721 bits per heavy atom. The second-order valence-corrected chi connectivity index (χ2v) is 16.6. The second kappa shape index (κ2) is 15.2. The number of hydrogen-bond acceptors (Lipinski definition) is 0. The molecule has 11 aromatic rings. The van der Waals surface area contributed by atoms with Gasteiger partial charge in [-0.25, -0.2) is 0 Å². The van der Waals surface area contributed by atoms with Crippen LogP contribution in [0.4, 0.5) is 0 Å². The second-order valence-electron chi connectivity index (χ2n) is 16.6. The Morgan fingerprint density at radius 3 is 1.44 bits per heavy atom. The van der Waals surface area contributed by atoms with Crippen molar-refractivity contribution in [1.29, 1.82) is 0 Å². The predicted molar refractivity (Wildman–Crippen MR) is 263 cm³/mol. The maximum atomic E-state index is 2.47. The zero-order valence-corrected chi connectivity index (χ0v) is 34.4. The average Bonchev–Trinajstić information content (AvgIpc) is 3.32. The van der Waals surface area contributed by atoms with Crippen molar-refractivity contribution in [2.24, 2.45) is 0 Å². The van der Waals surface area contributed by atoms with Gasteiger partial charge < -0.3 is 0 Å². The van der Waals surface area contributed by atoms with Gasteiger partial charge in [-0.1, -0.05) is 220 Å². The molecular weight excluding hydrogens is 733 g/mol. The Balaban J connectivity index is 1.16. The summed E-state index contributed by atoms with van der Waals surface area (Å²) in [5.41, 5.74) is 16.1. The molecule has 11 rings (SSSR count). The van der Waals surface area contributed by atoms with Gasteiger partial charge in [-0.2, -0.15) is 0 Å². The molecule has 0 N–H and O–H groups in total. The molecule has 0 aliphatic rings. The van der Waals surface area contributed by atoms with Crippen LogP contribution in [0.5, 0.6) is 0 Å². The summed E-state index contributed by atoms with van der Waals surface area (Å²) in [5.74, 6) is 0.444. The van der Waals surface area contributed by atoms with Gasteiger partial charge in [-0.15, -0.1) is 0 Å². The van der Waals surface area contributed by atoms with Crippen molar-refractivity contribution in [2.75, 3.05) is 0 Å². The van der Waals surface area contributed by atoms with Crippen molar-refractivity contribution in [3.8, 4) is 66.8 Å². The Kier molecular flexibility index (Phi) is 9.13. The molecule has 0 atom stereocenters. The number of rotatable bonds is 7. The molecule has 0 aromatic heterocycles. The van der Waals surface area contributed by atoms with E-state index in [2.05, 4.69) is 238 Å². The van der Waals surface area contributed by atoms with Crippen LogP contribution in [0, 0.1) is 0 Å². The molecule has 0 radical (unpaired) electrons. The molecule has 0 saturated heterocycles. The van der Waals surface area contributed by atoms with Crippen LogP contribution in [0.15, 0.2) is 224 Å². The lowest BCUT2D eigenvalue weighted by molar-refractivity contribution is 0.867. The number of benzene rings is 11. The Morgan fingerprint density at radius 1 is 0.246 bits per heavy atom. The number of fused-ring (bicyclic) bond motifs is 4. The van der Waals surface area contributed by atoms with E-state index in [1.54, 1.807) is 0 Å². The first-order valence-corrected chi connectivity index (χ1v) is 21.4. The van der Waals surface area contributed by atoms with Gasteiger partial charge in [0, 0.05) is 0 Å². The van der Waals surface area contributed by atoms with Crippen LogP contribution in [0.2, 0.25) is 0 Å². The monoisotopic (exact) mass is 776 g/mol. The highest BCUT2D eigenvalue weighted by Crippen LogP contribution is 2.47. The van der Waals surface area contributed by atoms with Gasteiger partial charge in [0.05, 0.1) is 0 Å². The third-order valence-corrected chi connectivity index (χ3v) is 12.6. The molecule has 11 aromatic carbocycles. The predicted octanol–water partition coefficient (Wildman–Crippen LogP) is 17.4. The third-order valence-electron chi connectivity index (χ3n) is 12.6. The highest BCUT2D eigenvalue weighted by atomic mass is 14.2. The summed E-state index contributed by atoms with van der Waals surface area (Å²) in [6, 6.07) is 83.2. The fourth-order valence-electron chi connectivity index (χ4n) is 9.63. The van der Waals surface area contributed by atoms with E-state index in [1.165, 1.54) is 115 Å². The van der Waals surface area contributed by atoms with Crippen molar-refractivity contribution < 1.29 is 0 Å². The van der Waals surface area contributed by atoms with Crippen molar-refractivity contribution in [3.63, 3.8) is 0 Å². The lowest BCUT2D eigenvalue weighted by Crippen LogP contribution is -1.94. The summed E-state index contributed by atoms with van der Waals surface area (Å²) < 4.78 is 0. The smallest absolute Gasteiger partial charge is 0.00261 e. The normalized spacial score (nSPS) is 11.6. The van der Waals surface area contributed by atoms with E-state index >= 15 is 0 Å². The molecule has 0 fully saturated rings. The van der Waals surface area contributed by atoms with E-state index in [0.29, 0.717) is 5.92 Å². The summed E-state index contributed by atoms with van der Waals surface area (Å²) in [5, 5.41) is 10.0. The van der Waals surface area contributed by atoms with Gasteiger partial charge in [-0.3, -0.25) is 0 Å². The minimum atomic E-state index is 0.444. The fraction of sp³-hybridized carbons (Fsp3) is 0.0492. The van der Waals surface area contributed by atoms with Gasteiger partial charge >= 0.3 is 0 Å². The zero-order chi connectivity index (χ0) is 40.9. The molecule has 0 unspecified atom stereocenters. The highest BCUT2D eigenvalue weighted by molar-refractivity contribution is 6.22. The first-order valence-electron chi connectivity index (χ1n) is 21.4. The topological polar surface area (TPSA) is 0 Å². The molecule has 61 heavy (non-hydrogen) atoms. The molecular formula is C61H44. The SMILES string of the molecule is CC(C)c1cccc(-c2c3ccccc3c(-c3ccc(-c4cccc5ccccc45)c(-c4ccccc4-c4cccc(-c5ccc6ccccc6c5)c4)c3)c3ccccc23)c1. The first kappa shape index (κ1) is 36.5. The molecule has 0 bridgehead atoms. The fourth-order valence-corrected chi connectivity index (χ4v) is 9.63. The zero-order valence-electron chi connectivity index (χ0n) is 34.4. The van der Waals surface area contributed by atoms with E-state index in [4.69, 9.17) is 0 Å². The Hall–Kier alpha value is -7.54. The molecule has 0 heterocycles. The van der Waals surface area contributed by atoms with Gasteiger partial charge in [0.25, 0.3) is 0 Å². The van der Waals surface area contributed by atoms with Crippen molar-refractivity contribution in [1.82, 2.24) is 0 Å². The average molecular weight is 777 g/mol.